The number of hydrogen-bond acceptors (Lipinski definition) is 3. The van der Waals surface area contributed by atoms with Crippen molar-refractivity contribution in [2.45, 2.75) is 12.3 Å². The van der Waals surface area contributed by atoms with Crippen LogP contribution in [-0.4, -0.2) is 18.9 Å². The molecule has 1 rings (SSSR count). The molecule has 4 heteroatoms. The van der Waals surface area contributed by atoms with E-state index in [-0.39, 0.29) is 5.78 Å². The van der Waals surface area contributed by atoms with Gasteiger partial charge >= 0.3 is 5.97 Å². The van der Waals surface area contributed by atoms with Gasteiger partial charge in [-0.1, -0.05) is 12.1 Å². The summed E-state index contributed by atoms with van der Waals surface area (Å²) < 4.78 is 4.55. The molecule has 0 saturated carbocycles. The predicted octanol–water partition coefficient (Wildman–Crippen LogP) is 2.34. The number of benzene rings is 1. The minimum Gasteiger partial charge on any atom is -0.465 e. The lowest BCUT2D eigenvalue weighted by Crippen LogP contribution is -2.04. The highest BCUT2D eigenvalue weighted by Crippen LogP contribution is 2.21. The Labute approximate surface area is 93.0 Å². The van der Waals surface area contributed by atoms with Crippen molar-refractivity contribution in [3.63, 3.8) is 0 Å². The second-order valence-corrected chi connectivity index (χ2v) is 3.52. The summed E-state index contributed by atoms with van der Waals surface area (Å²) in [5.74, 6) is -0.530. The van der Waals surface area contributed by atoms with E-state index in [9.17, 15) is 9.59 Å². The Kier molecular flexibility index (Phi) is 3.86. The van der Waals surface area contributed by atoms with Gasteiger partial charge < -0.3 is 4.74 Å². The number of ketones is 1. The van der Waals surface area contributed by atoms with Gasteiger partial charge in [-0.05, 0) is 24.6 Å². The lowest BCUT2D eigenvalue weighted by atomic mass is 10.1. The van der Waals surface area contributed by atoms with Gasteiger partial charge in [-0.15, -0.1) is 11.6 Å². The van der Waals surface area contributed by atoms with E-state index in [1.54, 1.807) is 24.3 Å². The van der Waals surface area contributed by atoms with Gasteiger partial charge in [-0.3, -0.25) is 4.79 Å². The zero-order valence-electron chi connectivity index (χ0n) is 8.49. The van der Waals surface area contributed by atoms with Crippen LogP contribution in [-0.2, 0) is 9.53 Å². The average molecular weight is 227 g/mol. The number of carbonyl (C=O) groups excluding carboxylic acids is 2. The fourth-order valence-corrected chi connectivity index (χ4v) is 1.29. The molecule has 0 radical (unpaired) electrons. The van der Waals surface area contributed by atoms with Crippen LogP contribution in [0.3, 0.4) is 0 Å². The van der Waals surface area contributed by atoms with Crippen LogP contribution >= 0.6 is 11.6 Å². The van der Waals surface area contributed by atoms with Crippen LogP contribution in [0.1, 0.15) is 28.2 Å². The Morgan fingerprint density at radius 2 is 1.80 bits per heavy atom. The van der Waals surface area contributed by atoms with Gasteiger partial charge in [-0.2, -0.15) is 0 Å². The molecular weight excluding hydrogens is 216 g/mol. The molecule has 0 amide bonds. The molecule has 0 saturated heterocycles. The van der Waals surface area contributed by atoms with Crippen LogP contribution < -0.4 is 0 Å². The monoisotopic (exact) mass is 226 g/mol. The molecule has 0 aliphatic carbocycles. The molecule has 3 nitrogen and oxygen atoms in total. The summed E-state index contributed by atoms with van der Waals surface area (Å²) in [6, 6.07) is 6.45. The van der Waals surface area contributed by atoms with Gasteiger partial charge in [0.05, 0.1) is 12.7 Å². The van der Waals surface area contributed by atoms with E-state index in [1.165, 1.54) is 14.0 Å². The molecule has 1 atom stereocenters. The van der Waals surface area contributed by atoms with Crippen molar-refractivity contribution in [3.8, 4) is 0 Å². The highest BCUT2D eigenvalue weighted by Gasteiger charge is 2.13. The van der Waals surface area contributed by atoms with Crippen molar-refractivity contribution in [3.05, 3.63) is 35.4 Å². The first-order chi connectivity index (χ1) is 7.06. The van der Waals surface area contributed by atoms with Crippen molar-refractivity contribution in [1.29, 1.82) is 0 Å². The fraction of sp³-hybridized carbons (Fsp3) is 0.273. The van der Waals surface area contributed by atoms with Crippen molar-refractivity contribution in [2.75, 3.05) is 7.11 Å². The number of ether oxygens (including phenoxy) is 1. The first kappa shape index (κ1) is 11.7. The summed E-state index contributed by atoms with van der Waals surface area (Å²) in [6.07, 6.45) is 0. The van der Waals surface area contributed by atoms with Crippen molar-refractivity contribution in [1.82, 2.24) is 0 Å². The van der Waals surface area contributed by atoms with Crippen molar-refractivity contribution >= 4 is 23.4 Å². The normalized spacial score (nSPS) is 11.9. The smallest absolute Gasteiger partial charge is 0.337 e. The van der Waals surface area contributed by atoms with Crippen molar-refractivity contribution in [2.24, 2.45) is 0 Å². The van der Waals surface area contributed by atoms with Crippen LogP contribution in [0.15, 0.2) is 24.3 Å². The number of rotatable bonds is 3. The SMILES string of the molecule is COC(=O)c1ccc(C(Cl)C(C)=O)cc1. The van der Waals surface area contributed by atoms with E-state index >= 15 is 0 Å². The Hall–Kier alpha value is -1.35. The lowest BCUT2D eigenvalue weighted by Gasteiger charge is -2.06. The maximum atomic E-state index is 11.1. The standard InChI is InChI=1S/C11H11ClO3/c1-7(13)10(12)8-3-5-9(6-4-8)11(14)15-2/h3-6,10H,1-2H3. The van der Waals surface area contributed by atoms with Crippen LogP contribution in [0.4, 0.5) is 0 Å². The van der Waals surface area contributed by atoms with Crippen LogP contribution in [0.2, 0.25) is 0 Å². The molecule has 15 heavy (non-hydrogen) atoms. The first-order valence-electron chi connectivity index (χ1n) is 4.39. The number of hydrogen-bond donors (Lipinski definition) is 0. The van der Waals surface area contributed by atoms with E-state index in [0.29, 0.717) is 11.1 Å². The zero-order chi connectivity index (χ0) is 11.4. The average Bonchev–Trinajstić information content (AvgIpc) is 2.27. The highest BCUT2D eigenvalue weighted by molar-refractivity contribution is 6.30. The van der Waals surface area contributed by atoms with Crippen LogP contribution in [0.5, 0.6) is 0 Å². The number of carbonyl (C=O) groups is 2. The van der Waals surface area contributed by atoms with E-state index in [2.05, 4.69) is 4.74 Å². The second-order valence-electron chi connectivity index (χ2n) is 3.09. The van der Waals surface area contributed by atoms with Crippen LogP contribution in [0.25, 0.3) is 0 Å². The maximum Gasteiger partial charge on any atom is 0.337 e. The summed E-state index contributed by atoms with van der Waals surface area (Å²) >= 11 is 5.84. The minimum absolute atomic E-state index is 0.123. The molecular formula is C11H11ClO3. The Morgan fingerprint density at radius 3 is 2.20 bits per heavy atom. The molecule has 0 aromatic heterocycles. The number of methoxy groups -OCH3 is 1. The third kappa shape index (κ3) is 2.80. The maximum absolute atomic E-state index is 11.1. The summed E-state index contributed by atoms with van der Waals surface area (Å²) in [7, 11) is 1.32. The molecule has 1 aromatic rings. The molecule has 0 bridgehead atoms. The quantitative estimate of drug-likeness (QED) is 0.587. The van der Waals surface area contributed by atoms with Gasteiger partial charge in [0.25, 0.3) is 0 Å². The summed E-state index contributed by atoms with van der Waals surface area (Å²) in [5.41, 5.74) is 1.12. The topological polar surface area (TPSA) is 43.4 Å². The van der Waals surface area contributed by atoms with E-state index in [0.717, 1.165) is 0 Å². The zero-order valence-corrected chi connectivity index (χ0v) is 9.25. The van der Waals surface area contributed by atoms with E-state index < -0.39 is 11.3 Å². The lowest BCUT2D eigenvalue weighted by molar-refractivity contribution is -0.116. The second kappa shape index (κ2) is 4.94. The molecule has 1 unspecified atom stereocenters. The number of esters is 1. The summed E-state index contributed by atoms with van der Waals surface area (Å²) in [5, 5.41) is -0.656. The van der Waals surface area contributed by atoms with Gasteiger partial charge in [0.15, 0.2) is 5.78 Å². The molecule has 0 fully saturated rings. The van der Waals surface area contributed by atoms with Gasteiger partial charge in [0.2, 0.25) is 0 Å². The molecule has 0 aliphatic rings. The number of Topliss-reactive ketones (excluding diaryl/α,β-unsaturated/α-hetero) is 1. The molecule has 0 N–H and O–H groups in total. The summed E-state index contributed by atoms with van der Waals surface area (Å²) in [4.78, 5) is 22.1. The Morgan fingerprint density at radius 1 is 1.27 bits per heavy atom. The van der Waals surface area contributed by atoms with Crippen LogP contribution in [0, 0.1) is 0 Å². The minimum atomic E-state index is -0.656. The van der Waals surface area contributed by atoms with Gasteiger partial charge in [0, 0.05) is 0 Å². The summed E-state index contributed by atoms with van der Waals surface area (Å²) in [6.45, 7) is 1.42. The Bertz CT molecular complexity index is 370. The van der Waals surface area contributed by atoms with Gasteiger partial charge in [-0.25, -0.2) is 4.79 Å². The molecule has 0 aliphatic heterocycles. The molecule has 0 heterocycles. The predicted molar refractivity (Wildman–Crippen MR) is 57.1 cm³/mol. The van der Waals surface area contributed by atoms with Crippen molar-refractivity contribution < 1.29 is 14.3 Å². The van der Waals surface area contributed by atoms with Gasteiger partial charge in [0.1, 0.15) is 5.38 Å². The number of alkyl halides is 1. The third-order valence-electron chi connectivity index (χ3n) is 1.98. The van der Waals surface area contributed by atoms with E-state index in [4.69, 9.17) is 11.6 Å². The van der Waals surface area contributed by atoms with E-state index in [1.807, 2.05) is 0 Å². The first-order valence-corrected chi connectivity index (χ1v) is 4.82. The molecule has 1 aromatic carbocycles. The fourth-order valence-electron chi connectivity index (χ4n) is 1.14. The highest BCUT2D eigenvalue weighted by atomic mass is 35.5. The third-order valence-corrected chi connectivity index (χ3v) is 2.54. The molecule has 0 spiro atoms. The Balaban J connectivity index is 2.90. The largest absolute Gasteiger partial charge is 0.465 e. The molecule has 80 valence electrons. The number of halogens is 1.